The van der Waals surface area contributed by atoms with E-state index < -0.39 is 36.4 Å². The second-order valence-corrected chi connectivity index (χ2v) is 12.1. The lowest BCUT2D eigenvalue weighted by Crippen LogP contribution is -2.41. The number of aromatic nitrogens is 8. The number of fused-ring (bicyclic) bond motifs is 1. The molecule has 2 saturated heterocycles. The van der Waals surface area contributed by atoms with Gasteiger partial charge in [0, 0.05) is 31.6 Å². The third-order valence-electron chi connectivity index (χ3n) is 8.98. The maximum atomic E-state index is 12.2. The van der Waals surface area contributed by atoms with Gasteiger partial charge < -0.3 is 35.2 Å². The van der Waals surface area contributed by atoms with Gasteiger partial charge >= 0.3 is 11.9 Å². The van der Waals surface area contributed by atoms with Crippen LogP contribution in [0.2, 0.25) is 0 Å². The highest BCUT2D eigenvalue weighted by Crippen LogP contribution is 2.39. The molecule has 3 aromatic heterocycles. The van der Waals surface area contributed by atoms with Crippen LogP contribution in [0.15, 0.2) is 67.0 Å². The monoisotopic (exact) mass is 683 g/mol. The molecule has 1 amide bonds. The van der Waals surface area contributed by atoms with Crippen LogP contribution < -0.4 is 15.5 Å². The average molecular weight is 684 g/mol. The van der Waals surface area contributed by atoms with Gasteiger partial charge in [-0.25, -0.2) is 9.78 Å². The molecule has 2 aliphatic heterocycles. The van der Waals surface area contributed by atoms with Crippen molar-refractivity contribution in [2.75, 3.05) is 37.0 Å². The summed E-state index contributed by atoms with van der Waals surface area (Å²) in [6.07, 6.45) is -2.81. The lowest BCUT2D eigenvalue weighted by atomic mass is 9.91. The molecule has 0 unspecified atom stereocenters. The van der Waals surface area contributed by atoms with Gasteiger partial charge in [-0.1, -0.05) is 60.7 Å². The maximum absolute atomic E-state index is 12.2. The molecule has 0 spiro atoms. The van der Waals surface area contributed by atoms with Crippen molar-refractivity contribution in [1.82, 2.24) is 45.0 Å². The van der Waals surface area contributed by atoms with E-state index in [0.717, 1.165) is 18.2 Å². The fourth-order valence-corrected chi connectivity index (χ4v) is 6.36. The van der Waals surface area contributed by atoms with E-state index in [0.29, 0.717) is 55.5 Å². The van der Waals surface area contributed by atoms with Crippen molar-refractivity contribution >= 4 is 34.8 Å². The van der Waals surface area contributed by atoms with Crippen molar-refractivity contribution in [3.05, 3.63) is 83.9 Å². The summed E-state index contributed by atoms with van der Waals surface area (Å²) in [4.78, 5) is 41.6. The van der Waals surface area contributed by atoms with E-state index in [1.165, 1.54) is 11.1 Å². The minimum atomic E-state index is -1.37. The molecule has 5 aromatic rings. The second kappa shape index (κ2) is 14.1. The first-order chi connectivity index (χ1) is 24.3. The fraction of sp³-hybridized carbons (Fsp3) is 0.394. The largest absolute Gasteiger partial charge is 0.462 e. The van der Waals surface area contributed by atoms with Gasteiger partial charge in [-0.3, -0.25) is 9.36 Å². The number of anilines is 2. The van der Waals surface area contributed by atoms with Crippen molar-refractivity contribution < 1.29 is 29.3 Å². The third-order valence-corrected chi connectivity index (χ3v) is 8.98. The van der Waals surface area contributed by atoms with Crippen molar-refractivity contribution in [2.45, 2.75) is 56.4 Å². The molecule has 2 fully saturated rings. The van der Waals surface area contributed by atoms with E-state index in [9.17, 15) is 19.8 Å². The minimum Gasteiger partial charge on any atom is -0.462 e. The molecule has 17 nitrogen and oxygen atoms in total. The Balaban J connectivity index is 1.23. The van der Waals surface area contributed by atoms with Gasteiger partial charge in [0.15, 0.2) is 29.3 Å². The number of ether oxygens (including phenoxy) is 2. The van der Waals surface area contributed by atoms with Crippen LogP contribution >= 0.6 is 0 Å². The molecule has 5 atom stereocenters. The number of amides is 1. The maximum Gasteiger partial charge on any atom is 0.396 e. The highest BCUT2D eigenvalue weighted by Gasteiger charge is 2.47. The third kappa shape index (κ3) is 6.45. The van der Waals surface area contributed by atoms with E-state index in [1.807, 2.05) is 48.2 Å². The van der Waals surface area contributed by atoms with Crippen LogP contribution in [0.3, 0.4) is 0 Å². The van der Waals surface area contributed by atoms with Crippen molar-refractivity contribution in [3.8, 4) is 0 Å². The summed E-state index contributed by atoms with van der Waals surface area (Å²) in [6, 6.07) is 19.9. The SMILES string of the molecule is CCn1nnc([C@H]2O[C@@H](n3cnc4c(NCC(c5ccccc5)c5ccccc5)nc(N5CC[C@@H](NC(=O)C(=O)OC)C5)nc43)[C@H](O)[C@@H]2O)n1. The number of nitrogens with one attached hydrogen (secondary N) is 2. The number of benzene rings is 2. The number of aliphatic hydroxyl groups excluding tert-OH is 2. The highest BCUT2D eigenvalue weighted by molar-refractivity contribution is 6.32. The number of hydrogen-bond donors (Lipinski definition) is 4. The molecular weight excluding hydrogens is 646 g/mol. The lowest BCUT2D eigenvalue weighted by molar-refractivity contribution is -0.153. The standard InChI is InChI=1S/C33H37N11O6/c1-3-44-40-28(39-41-44)26-24(45)25(46)31(50-26)43-18-35-23-27(34-16-22(19-10-6-4-7-11-19)20-12-8-5-9-13-20)37-33(38-29(23)43)42-15-14-21(17-42)36-30(47)32(48)49-2/h4-13,18,21-22,24-26,31,45-46H,3,14-17H2,1-2H3,(H,36,47)(H,34,37,38)/t21-,24+,25-,26+,31-/m1/s1. The molecule has 2 aromatic carbocycles. The average Bonchev–Trinajstić information content (AvgIpc) is 3.96. The Hall–Kier alpha value is -5.52. The molecule has 2 aliphatic rings. The van der Waals surface area contributed by atoms with E-state index in [-0.39, 0.29) is 17.8 Å². The predicted molar refractivity (Wildman–Crippen MR) is 178 cm³/mol. The van der Waals surface area contributed by atoms with E-state index in [1.54, 1.807) is 4.57 Å². The minimum absolute atomic E-state index is 0.0300. The summed E-state index contributed by atoms with van der Waals surface area (Å²) in [7, 11) is 1.15. The van der Waals surface area contributed by atoms with Crippen LogP contribution in [0.4, 0.5) is 11.8 Å². The first kappa shape index (κ1) is 33.0. The summed E-state index contributed by atoms with van der Waals surface area (Å²) in [6.45, 7) is 3.62. The highest BCUT2D eigenvalue weighted by atomic mass is 16.6. The molecule has 260 valence electrons. The van der Waals surface area contributed by atoms with Crippen LogP contribution in [0.5, 0.6) is 0 Å². The number of hydrogen-bond acceptors (Lipinski definition) is 14. The number of tetrazole rings is 1. The molecular formula is C33H37N11O6. The van der Waals surface area contributed by atoms with Gasteiger partial charge in [-0.15, -0.1) is 10.2 Å². The number of esters is 1. The molecule has 0 bridgehead atoms. The summed E-state index contributed by atoms with van der Waals surface area (Å²) < 4.78 is 12.3. The zero-order valence-electron chi connectivity index (χ0n) is 27.4. The quantitative estimate of drug-likeness (QED) is 0.119. The van der Waals surface area contributed by atoms with Crippen molar-refractivity contribution in [1.29, 1.82) is 0 Å². The summed E-state index contributed by atoms with van der Waals surface area (Å²) in [5.41, 5.74) is 2.99. The lowest BCUT2D eigenvalue weighted by Gasteiger charge is -2.22. The predicted octanol–water partition coefficient (Wildman–Crippen LogP) is 0.937. The topological polar surface area (TPSA) is 208 Å². The zero-order chi connectivity index (χ0) is 34.8. The number of carbonyl (C=O) groups excluding carboxylic acids is 2. The van der Waals surface area contributed by atoms with Crippen LogP contribution in [-0.2, 0) is 25.6 Å². The van der Waals surface area contributed by atoms with E-state index in [4.69, 9.17) is 14.7 Å². The summed E-state index contributed by atoms with van der Waals surface area (Å²) in [5.74, 6) is -0.890. The second-order valence-electron chi connectivity index (χ2n) is 12.1. The van der Waals surface area contributed by atoms with Crippen LogP contribution in [0, 0.1) is 0 Å². The van der Waals surface area contributed by atoms with Crippen molar-refractivity contribution in [3.63, 3.8) is 0 Å². The molecule has 7 rings (SSSR count). The van der Waals surface area contributed by atoms with Gasteiger partial charge in [0.2, 0.25) is 11.8 Å². The number of rotatable bonds is 10. The molecule has 0 aliphatic carbocycles. The number of aliphatic hydroxyl groups is 2. The van der Waals surface area contributed by atoms with Gasteiger partial charge in [-0.2, -0.15) is 14.8 Å². The van der Waals surface area contributed by atoms with Crippen molar-refractivity contribution in [2.24, 2.45) is 0 Å². The van der Waals surface area contributed by atoms with Crippen LogP contribution in [0.25, 0.3) is 11.2 Å². The molecule has 0 radical (unpaired) electrons. The van der Waals surface area contributed by atoms with Crippen LogP contribution in [-0.4, -0.2) is 107 Å². The Morgan fingerprint density at radius 3 is 2.42 bits per heavy atom. The zero-order valence-corrected chi connectivity index (χ0v) is 27.4. The molecule has 50 heavy (non-hydrogen) atoms. The van der Waals surface area contributed by atoms with E-state index >= 15 is 0 Å². The Labute approximate surface area is 286 Å². The number of aryl methyl sites for hydroxylation is 1. The molecule has 4 N–H and O–H groups in total. The molecule has 5 heterocycles. The summed E-state index contributed by atoms with van der Waals surface area (Å²) in [5, 5.41) is 40.6. The van der Waals surface area contributed by atoms with Gasteiger partial charge in [-0.05, 0) is 29.7 Å². The smallest absolute Gasteiger partial charge is 0.396 e. The number of nitrogens with zero attached hydrogens (tertiary/aromatic N) is 9. The summed E-state index contributed by atoms with van der Waals surface area (Å²) >= 11 is 0. The Morgan fingerprint density at radius 1 is 1.04 bits per heavy atom. The fourth-order valence-electron chi connectivity index (χ4n) is 6.36. The number of methoxy groups -OCH3 is 1. The molecule has 0 saturated carbocycles. The van der Waals surface area contributed by atoms with Crippen LogP contribution in [0.1, 0.15) is 48.5 Å². The van der Waals surface area contributed by atoms with Gasteiger partial charge in [0.05, 0.1) is 20.0 Å². The molecule has 17 heteroatoms. The van der Waals surface area contributed by atoms with Gasteiger partial charge in [0.25, 0.3) is 0 Å². The normalized spacial score (nSPS) is 21.9. The Morgan fingerprint density at radius 2 is 1.76 bits per heavy atom. The van der Waals surface area contributed by atoms with Gasteiger partial charge in [0.1, 0.15) is 12.2 Å². The van der Waals surface area contributed by atoms with E-state index in [2.05, 4.69) is 60.0 Å². The Bertz CT molecular complexity index is 1920. The first-order valence-corrected chi connectivity index (χ1v) is 16.4. The number of imidazole rings is 1. The first-order valence-electron chi connectivity index (χ1n) is 16.4. The number of carbonyl (C=O) groups is 2. The Kier molecular flexibility index (Phi) is 9.34.